The predicted molar refractivity (Wildman–Crippen MR) is 113 cm³/mol. The van der Waals surface area contributed by atoms with Crippen LogP contribution in [0.15, 0.2) is 48.7 Å². The molecule has 0 fully saturated rings. The van der Waals surface area contributed by atoms with Gasteiger partial charge in [0.15, 0.2) is 5.78 Å². The molecule has 158 valence electrons. The number of halogens is 2. The molecule has 0 aliphatic rings. The van der Waals surface area contributed by atoms with Crippen LogP contribution < -0.4 is 4.74 Å². The zero-order chi connectivity index (χ0) is 21.5. The maximum atomic E-state index is 12.7. The normalized spacial score (nSPS) is 12.3. The molecule has 0 bridgehead atoms. The van der Waals surface area contributed by atoms with E-state index in [1.165, 1.54) is 25.0 Å². The summed E-state index contributed by atoms with van der Waals surface area (Å²) in [7, 11) is 0. The number of alkyl halides is 2. The first-order chi connectivity index (χ1) is 14.5. The molecule has 0 N–H and O–H groups in total. The fraction of sp³-hybridized carbons (Fsp3) is 0.375. The monoisotopic (exact) mass is 412 g/mol. The van der Waals surface area contributed by atoms with Crippen molar-refractivity contribution >= 4 is 16.7 Å². The standard InChI is InChI=1S/C24H26F2N2O2/c1-3-4-5-6-7-16(2)23(29)21-11-8-17-14-19(10-12-20(17)28-21)30-22-13-9-18(15-27-22)24(25)26/h8-16,24H,3-7H2,1-2H3. The molecule has 30 heavy (non-hydrogen) atoms. The van der Waals surface area contributed by atoms with Gasteiger partial charge in [0.2, 0.25) is 5.88 Å². The molecule has 1 unspecified atom stereocenters. The van der Waals surface area contributed by atoms with Crippen LogP contribution in [0.1, 0.15) is 68.4 Å². The van der Waals surface area contributed by atoms with Gasteiger partial charge >= 0.3 is 0 Å². The fourth-order valence-corrected chi connectivity index (χ4v) is 3.27. The molecule has 0 aliphatic carbocycles. The summed E-state index contributed by atoms with van der Waals surface area (Å²) in [5.41, 5.74) is 1.03. The van der Waals surface area contributed by atoms with E-state index in [0.29, 0.717) is 17.0 Å². The van der Waals surface area contributed by atoms with Crippen molar-refractivity contribution in [2.45, 2.75) is 52.4 Å². The van der Waals surface area contributed by atoms with E-state index in [9.17, 15) is 13.6 Å². The Bertz CT molecular complexity index is 990. The van der Waals surface area contributed by atoms with Gasteiger partial charge in [-0.1, -0.05) is 45.6 Å². The lowest BCUT2D eigenvalue weighted by Gasteiger charge is -2.11. The molecule has 3 aromatic rings. The smallest absolute Gasteiger partial charge is 0.265 e. The Morgan fingerprint density at radius 2 is 1.90 bits per heavy atom. The second-order valence-corrected chi connectivity index (χ2v) is 7.50. The quantitative estimate of drug-likeness (QED) is 0.262. The largest absolute Gasteiger partial charge is 0.439 e. The van der Waals surface area contributed by atoms with Crippen LogP contribution in [-0.2, 0) is 0 Å². The molecule has 0 saturated carbocycles. The first-order valence-corrected chi connectivity index (χ1v) is 10.3. The number of carbonyl (C=O) groups excluding carboxylic acids is 1. The minimum absolute atomic E-state index is 0.0447. The number of unbranched alkanes of at least 4 members (excludes halogenated alkanes) is 3. The molecule has 0 aliphatic heterocycles. The van der Waals surface area contributed by atoms with Gasteiger partial charge in [0.25, 0.3) is 6.43 Å². The van der Waals surface area contributed by atoms with Crippen molar-refractivity contribution in [2.75, 3.05) is 0 Å². The number of carbonyl (C=O) groups is 1. The molecular formula is C24H26F2N2O2. The summed E-state index contributed by atoms with van der Waals surface area (Å²) < 4.78 is 30.9. The van der Waals surface area contributed by atoms with Gasteiger partial charge in [-0.3, -0.25) is 4.79 Å². The van der Waals surface area contributed by atoms with Gasteiger partial charge in [0, 0.05) is 29.1 Å². The van der Waals surface area contributed by atoms with Crippen LogP contribution in [0, 0.1) is 5.92 Å². The highest BCUT2D eigenvalue weighted by atomic mass is 19.3. The molecule has 0 spiro atoms. The van der Waals surface area contributed by atoms with E-state index < -0.39 is 6.43 Å². The van der Waals surface area contributed by atoms with E-state index in [0.717, 1.165) is 30.8 Å². The van der Waals surface area contributed by atoms with Crippen LogP contribution in [0.2, 0.25) is 0 Å². The first-order valence-electron chi connectivity index (χ1n) is 10.3. The molecule has 0 amide bonds. The number of aromatic nitrogens is 2. The van der Waals surface area contributed by atoms with Gasteiger partial charge < -0.3 is 4.74 Å². The van der Waals surface area contributed by atoms with Gasteiger partial charge in [-0.25, -0.2) is 18.7 Å². The number of pyridine rings is 2. The molecular weight excluding hydrogens is 386 g/mol. The molecule has 0 radical (unpaired) electrons. The van der Waals surface area contributed by atoms with Crippen molar-refractivity contribution in [3.05, 3.63) is 59.9 Å². The summed E-state index contributed by atoms with van der Waals surface area (Å²) in [4.78, 5) is 21.1. The van der Waals surface area contributed by atoms with E-state index in [-0.39, 0.29) is 23.1 Å². The van der Waals surface area contributed by atoms with Crippen LogP contribution >= 0.6 is 0 Å². The summed E-state index contributed by atoms with van der Waals surface area (Å²) >= 11 is 0. The summed E-state index contributed by atoms with van der Waals surface area (Å²) in [5, 5.41) is 0.823. The Labute approximate surface area is 175 Å². The molecule has 1 aromatic carbocycles. The second kappa shape index (κ2) is 10.2. The van der Waals surface area contributed by atoms with Crippen molar-refractivity contribution in [1.29, 1.82) is 0 Å². The molecule has 1 atom stereocenters. The lowest BCUT2D eigenvalue weighted by atomic mass is 9.96. The number of Topliss-reactive ketones (excluding diaryl/α,β-unsaturated/α-hetero) is 1. The van der Waals surface area contributed by atoms with E-state index >= 15 is 0 Å². The zero-order valence-corrected chi connectivity index (χ0v) is 17.3. The molecule has 2 aromatic heterocycles. The summed E-state index contributed by atoms with van der Waals surface area (Å²) in [6.07, 6.45) is 4.01. The van der Waals surface area contributed by atoms with Crippen LogP contribution in [0.5, 0.6) is 11.6 Å². The minimum Gasteiger partial charge on any atom is -0.439 e. The first kappa shape index (κ1) is 21.8. The molecule has 2 heterocycles. The zero-order valence-electron chi connectivity index (χ0n) is 17.3. The highest BCUT2D eigenvalue weighted by Crippen LogP contribution is 2.26. The van der Waals surface area contributed by atoms with Crippen LogP contribution in [-0.4, -0.2) is 15.8 Å². The van der Waals surface area contributed by atoms with Crippen molar-refractivity contribution in [3.63, 3.8) is 0 Å². The van der Waals surface area contributed by atoms with E-state index in [2.05, 4.69) is 16.9 Å². The predicted octanol–water partition coefficient (Wildman–Crippen LogP) is 7.15. The van der Waals surface area contributed by atoms with Crippen molar-refractivity contribution in [2.24, 2.45) is 5.92 Å². The SMILES string of the molecule is CCCCCCC(C)C(=O)c1ccc2cc(Oc3ccc(C(F)F)cn3)ccc2n1. The van der Waals surface area contributed by atoms with Crippen molar-refractivity contribution in [3.8, 4) is 11.6 Å². The highest BCUT2D eigenvalue weighted by molar-refractivity contribution is 5.98. The third-order valence-electron chi connectivity index (χ3n) is 5.09. The van der Waals surface area contributed by atoms with Crippen LogP contribution in [0.25, 0.3) is 10.9 Å². The molecule has 3 rings (SSSR count). The number of nitrogens with zero attached hydrogens (tertiary/aromatic N) is 2. The number of hydrogen-bond acceptors (Lipinski definition) is 4. The Hall–Kier alpha value is -2.89. The number of rotatable bonds is 10. The van der Waals surface area contributed by atoms with Crippen molar-refractivity contribution < 1.29 is 18.3 Å². The molecule has 4 nitrogen and oxygen atoms in total. The Morgan fingerprint density at radius 3 is 2.60 bits per heavy atom. The van der Waals surface area contributed by atoms with E-state index in [1.807, 2.05) is 13.0 Å². The third kappa shape index (κ3) is 5.59. The lowest BCUT2D eigenvalue weighted by Crippen LogP contribution is -2.13. The summed E-state index contributed by atoms with van der Waals surface area (Å²) in [6, 6.07) is 11.6. The Balaban J connectivity index is 1.68. The summed E-state index contributed by atoms with van der Waals surface area (Å²) in [6.45, 7) is 4.13. The average Bonchev–Trinajstić information content (AvgIpc) is 2.76. The van der Waals surface area contributed by atoms with Crippen LogP contribution in [0.4, 0.5) is 8.78 Å². The molecule has 0 saturated heterocycles. The minimum atomic E-state index is -2.56. The summed E-state index contributed by atoms with van der Waals surface area (Å²) in [5.74, 6) is 0.772. The number of fused-ring (bicyclic) bond motifs is 1. The van der Waals surface area contributed by atoms with E-state index in [1.54, 1.807) is 24.3 Å². The van der Waals surface area contributed by atoms with Crippen LogP contribution in [0.3, 0.4) is 0 Å². The van der Waals surface area contributed by atoms with Gasteiger partial charge in [0.05, 0.1) is 5.52 Å². The van der Waals surface area contributed by atoms with Gasteiger partial charge in [-0.05, 0) is 36.8 Å². The number of benzene rings is 1. The van der Waals surface area contributed by atoms with Gasteiger partial charge in [-0.15, -0.1) is 0 Å². The lowest BCUT2D eigenvalue weighted by molar-refractivity contribution is 0.0917. The number of ketones is 1. The van der Waals surface area contributed by atoms with E-state index in [4.69, 9.17) is 4.74 Å². The maximum absolute atomic E-state index is 12.7. The number of ether oxygens (including phenoxy) is 1. The number of hydrogen-bond donors (Lipinski definition) is 0. The van der Waals surface area contributed by atoms with Gasteiger partial charge in [-0.2, -0.15) is 0 Å². The highest BCUT2D eigenvalue weighted by Gasteiger charge is 2.17. The molecule has 6 heteroatoms. The second-order valence-electron chi connectivity index (χ2n) is 7.50. The van der Waals surface area contributed by atoms with Gasteiger partial charge in [0.1, 0.15) is 11.4 Å². The third-order valence-corrected chi connectivity index (χ3v) is 5.09. The Morgan fingerprint density at radius 1 is 1.07 bits per heavy atom. The Kier molecular flexibility index (Phi) is 7.44. The fourth-order valence-electron chi connectivity index (χ4n) is 3.27. The topological polar surface area (TPSA) is 52.1 Å². The van der Waals surface area contributed by atoms with Crippen molar-refractivity contribution in [1.82, 2.24) is 9.97 Å². The average molecular weight is 412 g/mol. The maximum Gasteiger partial charge on any atom is 0.265 e.